The Morgan fingerprint density at radius 3 is 3.00 bits per heavy atom. The zero-order valence-electron chi connectivity index (χ0n) is 9.11. The maximum Gasteiger partial charge on any atom is 0.157 e. The van der Waals surface area contributed by atoms with Crippen molar-refractivity contribution in [2.24, 2.45) is 0 Å². The first-order valence-corrected chi connectivity index (χ1v) is 5.92. The van der Waals surface area contributed by atoms with E-state index in [4.69, 9.17) is 5.11 Å². The molecule has 1 heterocycles. The SMILES string of the molecule is O=C1C=C(N2CCCC2CCCO)CC1. The van der Waals surface area contributed by atoms with Crippen molar-refractivity contribution in [1.29, 1.82) is 0 Å². The van der Waals surface area contributed by atoms with Crippen molar-refractivity contribution < 1.29 is 9.90 Å². The lowest BCUT2D eigenvalue weighted by molar-refractivity contribution is -0.114. The number of ketones is 1. The first kappa shape index (κ1) is 10.7. The van der Waals surface area contributed by atoms with Crippen LogP contribution in [0.4, 0.5) is 0 Å². The van der Waals surface area contributed by atoms with Crippen molar-refractivity contribution in [3.8, 4) is 0 Å². The van der Waals surface area contributed by atoms with E-state index in [2.05, 4.69) is 4.90 Å². The summed E-state index contributed by atoms with van der Waals surface area (Å²) in [7, 11) is 0. The van der Waals surface area contributed by atoms with Gasteiger partial charge in [-0.1, -0.05) is 0 Å². The third kappa shape index (κ3) is 2.40. The molecule has 3 heteroatoms. The van der Waals surface area contributed by atoms with Crippen molar-refractivity contribution in [3.63, 3.8) is 0 Å². The molecule has 0 spiro atoms. The molecule has 0 amide bonds. The van der Waals surface area contributed by atoms with Gasteiger partial charge in [0.25, 0.3) is 0 Å². The molecule has 1 N–H and O–H groups in total. The molecule has 15 heavy (non-hydrogen) atoms. The van der Waals surface area contributed by atoms with Gasteiger partial charge in [-0.25, -0.2) is 0 Å². The number of hydrogen-bond acceptors (Lipinski definition) is 3. The molecule has 0 aromatic heterocycles. The summed E-state index contributed by atoms with van der Waals surface area (Å²) >= 11 is 0. The summed E-state index contributed by atoms with van der Waals surface area (Å²) in [5.41, 5.74) is 1.24. The maximum atomic E-state index is 11.2. The van der Waals surface area contributed by atoms with Crippen molar-refractivity contribution in [3.05, 3.63) is 11.8 Å². The number of aliphatic hydroxyl groups is 1. The average molecular weight is 209 g/mol. The Kier molecular flexibility index (Phi) is 3.41. The number of carbonyl (C=O) groups excluding carboxylic acids is 1. The molecule has 1 fully saturated rings. The minimum atomic E-state index is 0.276. The summed E-state index contributed by atoms with van der Waals surface area (Å²) < 4.78 is 0. The number of hydrogen-bond donors (Lipinski definition) is 1. The lowest BCUT2D eigenvalue weighted by atomic mass is 10.1. The van der Waals surface area contributed by atoms with Crippen LogP contribution in [0.3, 0.4) is 0 Å². The largest absolute Gasteiger partial charge is 0.396 e. The Labute approximate surface area is 90.8 Å². The zero-order valence-corrected chi connectivity index (χ0v) is 9.11. The van der Waals surface area contributed by atoms with Crippen LogP contribution in [0.15, 0.2) is 11.8 Å². The fourth-order valence-electron chi connectivity index (χ4n) is 2.65. The Hall–Kier alpha value is -0.830. The highest BCUT2D eigenvalue weighted by molar-refractivity contribution is 5.92. The molecule has 2 aliphatic rings. The van der Waals surface area contributed by atoms with Crippen molar-refractivity contribution >= 4 is 5.78 Å². The highest BCUT2D eigenvalue weighted by Crippen LogP contribution is 2.30. The standard InChI is InChI=1S/C12H19NO2/c14-8-2-4-10-3-1-7-13(10)11-5-6-12(15)9-11/h9-10,14H,1-8H2. The van der Waals surface area contributed by atoms with Gasteiger partial charge in [0.15, 0.2) is 5.78 Å². The van der Waals surface area contributed by atoms with Crippen molar-refractivity contribution in [1.82, 2.24) is 4.90 Å². The molecule has 1 aliphatic carbocycles. The summed E-state index contributed by atoms with van der Waals surface area (Å²) in [4.78, 5) is 13.6. The van der Waals surface area contributed by atoms with Gasteiger partial charge in [-0.3, -0.25) is 4.79 Å². The van der Waals surface area contributed by atoms with Crippen LogP contribution in [0, 0.1) is 0 Å². The van der Waals surface area contributed by atoms with Crippen LogP contribution >= 0.6 is 0 Å². The van der Waals surface area contributed by atoms with Crippen molar-refractivity contribution in [2.45, 2.75) is 44.6 Å². The van der Waals surface area contributed by atoms with Crippen LogP contribution in [0.25, 0.3) is 0 Å². The first-order valence-electron chi connectivity index (χ1n) is 5.92. The van der Waals surface area contributed by atoms with Gasteiger partial charge in [0, 0.05) is 37.4 Å². The second-order valence-corrected chi connectivity index (χ2v) is 4.46. The number of allylic oxidation sites excluding steroid dienone is 2. The van der Waals surface area contributed by atoms with Crippen molar-refractivity contribution in [2.75, 3.05) is 13.2 Å². The first-order chi connectivity index (χ1) is 7.31. The van der Waals surface area contributed by atoms with Crippen LogP contribution in [0.1, 0.15) is 38.5 Å². The van der Waals surface area contributed by atoms with Gasteiger partial charge in [0.2, 0.25) is 0 Å². The Morgan fingerprint density at radius 2 is 2.33 bits per heavy atom. The summed E-state index contributed by atoms with van der Waals surface area (Å²) in [6, 6.07) is 0.564. The molecule has 1 atom stereocenters. The summed E-state index contributed by atoms with van der Waals surface area (Å²) in [5, 5.41) is 8.83. The number of carbonyl (C=O) groups is 1. The quantitative estimate of drug-likeness (QED) is 0.762. The molecule has 0 saturated carbocycles. The number of likely N-dealkylation sites (tertiary alicyclic amines) is 1. The predicted molar refractivity (Wildman–Crippen MR) is 58.4 cm³/mol. The zero-order chi connectivity index (χ0) is 10.7. The van der Waals surface area contributed by atoms with Gasteiger partial charge < -0.3 is 10.0 Å². The van der Waals surface area contributed by atoms with Crippen LogP contribution in [-0.2, 0) is 4.79 Å². The number of rotatable bonds is 4. The maximum absolute atomic E-state index is 11.2. The Morgan fingerprint density at radius 1 is 1.47 bits per heavy atom. The van der Waals surface area contributed by atoms with Crippen LogP contribution < -0.4 is 0 Å². The number of nitrogens with zero attached hydrogens (tertiary/aromatic N) is 1. The summed E-state index contributed by atoms with van der Waals surface area (Å²) in [6.45, 7) is 1.37. The molecular formula is C12H19NO2. The van der Waals surface area contributed by atoms with Gasteiger partial charge in [-0.2, -0.15) is 0 Å². The third-order valence-electron chi connectivity index (χ3n) is 3.40. The smallest absolute Gasteiger partial charge is 0.157 e. The second kappa shape index (κ2) is 4.79. The summed E-state index contributed by atoms with van der Waals surface area (Å²) in [6.07, 6.45) is 7.81. The molecule has 84 valence electrons. The highest BCUT2D eigenvalue weighted by atomic mass is 16.2. The molecule has 0 aromatic rings. The van der Waals surface area contributed by atoms with Crippen LogP contribution in [-0.4, -0.2) is 35.0 Å². The average Bonchev–Trinajstić information content (AvgIpc) is 2.82. The van der Waals surface area contributed by atoms with Gasteiger partial charge in [0.05, 0.1) is 0 Å². The van der Waals surface area contributed by atoms with Gasteiger partial charge >= 0.3 is 0 Å². The molecule has 1 aliphatic heterocycles. The molecule has 1 saturated heterocycles. The summed E-state index contributed by atoms with van der Waals surface area (Å²) in [5.74, 6) is 0.276. The minimum Gasteiger partial charge on any atom is -0.396 e. The predicted octanol–water partition coefficient (Wildman–Crippen LogP) is 1.47. The second-order valence-electron chi connectivity index (χ2n) is 4.46. The lowest BCUT2D eigenvalue weighted by Gasteiger charge is -2.27. The van der Waals surface area contributed by atoms with Gasteiger partial charge in [-0.15, -0.1) is 0 Å². The molecular weight excluding hydrogens is 190 g/mol. The van der Waals surface area contributed by atoms with Gasteiger partial charge in [0.1, 0.15) is 0 Å². The molecule has 0 bridgehead atoms. The van der Waals surface area contributed by atoms with E-state index in [0.717, 1.165) is 25.8 Å². The Bertz CT molecular complexity index is 273. The normalized spacial score (nSPS) is 26.2. The molecule has 3 nitrogen and oxygen atoms in total. The molecule has 0 aromatic carbocycles. The Balaban J connectivity index is 1.95. The minimum absolute atomic E-state index is 0.276. The van der Waals surface area contributed by atoms with E-state index in [1.807, 2.05) is 6.08 Å². The fourth-order valence-corrected chi connectivity index (χ4v) is 2.65. The van der Waals surface area contributed by atoms with E-state index >= 15 is 0 Å². The molecule has 0 radical (unpaired) electrons. The van der Waals surface area contributed by atoms with Crippen LogP contribution in [0.2, 0.25) is 0 Å². The number of aliphatic hydroxyl groups excluding tert-OH is 1. The monoisotopic (exact) mass is 209 g/mol. The highest BCUT2D eigenvalue weighted by Gasteiger charge is 2.28. The van der Waals surface area contributed by atoms with Gasteiger partial charge in [-0.05, 0) is 32.1 Å². The topological polar surface area (TPSA) is 40.5 Å². The lowest BCUT2D eigenvalue weighted by Crippen LogP contribution is -2.28. The van der Waals surface area contributed by atoms with E-state index in [9.17, 15) is 4.79 Å². The van der Waals surface area contributed by atoms with E-state index in [1.54, 1.807) is 0 Å². The third-order valence-corrected chi connectivity index (χ3v) is 3.40. The van der Waals surface area contributed by atoms with E-state index < -0.39 is 0 Å². The fraction of sp³-hybridized carbons (Fsp3) is 0.750. The molecule has 1 unspecified atom stereocenters. The van der Waals surface area contributed by atoms with Crippen LogP contribution in [0.5, 0.6) is 0 Å². The van der Waals surface area contributed by atoms with E-state index in [-0.39, 0.29) is 12.4 Å². The van der Waals surface area contributed by atoms with E-state index in [0.29, 0.717) is 12.5 Å². The van der Waals surface area contributed by atoms with E-state index in [1.165, 1.54) is 18.5 Å². The molecule has 2 rings (SSSR count).